The van der Waals surface area contributed by atoms with Crippen molar-refractivity contribution >= 4 is 39.5 Å². The molecule has 0 aromatic carbocycles. The molecule has 0 aromatic rings. The van der Waals surface area contributed by atoms with Gasteiger partial charge in [0.1, 0.15) is 19.3 Å². The Morgan fingerprint density at radius 3 is 0.685 bits per heavy atom. The van der Waals surface area contributed by atoms with Crippen LogP contribution < -0.4 is 0 Å². The van der Waals surface area contributed by atoms with Gasteiger partial charge in [0.25, 0.3) is 0 Å². The predicted octanol–water partition coefficient (Wildman–Crippen LogP) is 28.6. The van der Waals surface area contributed by atoms with Crippen molar-refractivity contribution in [3.8, 4) is 0 Å². The molecule has 660 valence electrons. The summed E-state index contributed by atoms with van der Waals surface area (Å²) in [6.07, 6.45) is 78.0. The Labute approximate surface area is 683 Å². The van der Waals surface area contributed by atoms with Gasteiger partial charge >= 0.3 is 39.5 Å². The molecule has 111 heavy (non-hydrogen) atoms. The fourth-order valence-electron chi connectivity index (χ4n) is 14.4. The SMILES string of the molecule is CCCCCCCCCCCCCCCCCCCCCCCCC(=O)OC[C@H](COP(=O)(O)OC[C@@H](O)COP(=O)(O)OC[C@@H](COC(=O)CCCCCCCCCCC(C)C)OC(=O)CCCCCCCCCCCCCCCCCC)OC(=O)CCCCCCCCCCCCCCCCCCCCC(C)CC. The summed E-state index contributed by atoms with van der Waals surface area (Å²) in [5.41, 5.74) is 0. The topological polar surface area (TPSA) is 237 Å². The van der Waals surface area contributed by atoms with Gasteiger partial charge in [-0.05, 0) is 37.5 Å². The minimum Gasteiger partial charge on any atom is -0.462 e. The Hall–Kier alpha value is -1.94. The Balaban J connectivity index is 5.22. The Kier molecular flexibility index (Phi) is 81.7. The first-order chi connectivity index (χ1) is 53.9. The van der Waals surface area contributed by atoms with E-state index in [-0.39, 0.29) is 25.7 Å². The zero-order valence-electron chi connectivity index (χ0n) is 73.3. The summed E-state index contributed by atoms with van der Waals surface area (Å²) >= 11 is 0. The van der Waals surface area contributed by atoms with Gasteiger partial charge in [0, 0.05) is 25.7 Å². The molecule has 0 aromatic heterocycles. The van der Waals surface area contributed by atoms with Gasteiger partial charge in [0.05, 0.1) is 26.4 Å². The lowest BCUT2D eigenvalue weighted by Crippen LogP contribution is -2.30. The van der Waals surface area contributed by atoms with Crippen molar-refractivity contribution in [3.05, 3.63) is 0 Å². The summed E-state index contributed by atoms with van der Waals surface area (Å²) < 4.78 is 69.1. The molecular weight excluding hydrogens is 1440 g/mol. The number of esters is 4. The van der Waals surface area contributed by atoms with E-state index in [4.69, 9.17) is 37.0 Å². The Morgan fingerprint density at radius 1 is 0.261 bits per heavy atom. The number of phosphoric ester groups is 2. The number of carbonyl (C=O) groups excluding carboxylic acids is 4. The van der Waals surface area contributed by atoms with Crippen LogP contribution in [0, 0.1) is 11.8 Å². The quantitative estimate of drug-likeness (QED) is 0.0222. The van der Waals surface area contributed by atoms with Crippen LogP contribution in [0.4, 0.5) is 0 Å². The van der Waals surface area contributed by atoms with Crippen LogP contribution in [0.25, 0.3) is 0 Å². The maximum absolute atomic E-state index is 13.2. The van der Waals surface area contributed by atoms with Gasteiger partial charge in [-0.3, -0.25) is 37.3 Å². The third kappa shape index (κ3) is 84.3. The zero-order valence-corrected chi connectivity index (χ0v) is 75.1. The minimum absolute atomic E-state index is 0.108. The standard InChI is InChI=1S/C92H180O17P2/c1-7-10-12-14-16-18-20-22-24-26-27-28-29-30-34-38-41-45-49-56-62-68-74-89(94)102-80-87(108-91(96)77-71-65-59-51-47-43-39-35-32-31-33-36-40-44-48-55-61-67-73-85(6)9-3)82-106-110(98,99)104-78-86(93)79-105-111(100,101)107-83-88(81-103-90(95)75-69-63-57-53-52-54-60-66-72-84(4)5)109-92(97)76-70-64-58-50-46-42-37-25-23-21-19-17-15-13-11-8-2/h84-88,93H,7-83H2,1-6H3,(H,98,99)(H,100,101)/t85?,86-,87-,88-/m1/s1. The van der Waals surface area contributed by atoms with E-state index in [1.165, 1.54) is 315 Å². The normalized spacial score (nSPS) is 14.0. The van der Waals surface area contributed by atoms with Crippen molar-refractivity contribution in [1.82, 2.24) is 0 Å². The van der Waals surface area contributed by atoms with Gasteiger partial charge in [0.2, 0.25) is 0 Å². The highest BCUT2D eigenvalue weighted by atomic mass is 31.2. The highest BCUT2D eigenvalue weighted by Gasteiger charge is 2.31. The largest absolute Gasteiger partial charge is 0.472 e. The summed E-state index contributed by atoms with van der Waals surface area (Å²) in [7, 11) is -9.94. The summed E-state index contributed by atoms with van der Waals surface area (Å²) in [4.78, 5) is 73.4. The second-order valence-corrected chi connectivity index (χ2v) is 36.7. The number of aliphatic hydroxyl groups is 1. The van der Waals surface area contributed by atoms with Gasteiger partial charge in [-0.25, -0.2) is 9.13 Å². The predicted molar refractivity (Wildman–Crippen MR) is 460 cm³/mol. The van der Waals surface area contributed by atoms with Gasteiger partial charge in [-0.2, -0.15) is 0 Å². The van der Waals surface area contributed by atoms with E-state index in [0.717, 1.165) is 102 Å². The molecule has 0 amide bonds. The molecular formula is C92H180O17P2. The number of aliphatic hydroxyl groups excluding tert-OH is 1. The first kappa shape index (κ1) is 109. The van der Waals surface area contributed by atoms with Gasteiger partial charge in [-0.1, -0.05) is 446 Å². The number of hydrogen-bond acceptors (Lipinski definition) is 15. The van der Waals surface area contributed by atoms with Gasteiger partial charge in [0.15, 0.2) is 12.2 Å². The lowest BCUT2D eigenvalue weighted by Gasteiger charge is -2.21. The second kappa shape index (κ2) is 83.1. The minimum atomic E-state index is -4.97. The molecule has 0 spiro atoms. The third-order valence-corrected chi connectivity index (χ3v) is 24.0. The van der Waals surface area contributed by atoms with Crippen molar-refractivity contribution in [2.24, 2.45) is 11.8 Å². The Bertz CT molecular complexity index is 2120. The summed E-state index contributed by atoms with van der Waals surface area (Å²) in [6.45, 7) is 9.74. The summed E-state index contributed by atoms with van der Waals surface area (Å²) in [5, 5.41) is 10.7. The highest BCUT2D eigenvalue weighted by Crippen LogP contribution is 2.45. The maximum Gasteiger partial charge on any atom is 0.472 e. The van der Waals surface area contributed by atoms with E-state index in [2.05, 4.69) is 41.5 Å². The monoisotopic (exact) mass is 1620 g/mol. The molecule has 0 heterocycles. The van der Waals surface area contributed by atoms with Crippen LogP contribution in [0.2, 0.25) is 0 Å². The van der Waals surface area contributed by atoms with E-state index in [1.807, 2.05) is 0 Å². The average molecular weight is 1620 g/mol. The van der Waals surface area contributed by atoms with Crippen molar-refractivity contribution in [3.63, 3.8) is 0 Å². The Morgan fingerprint density at radius 2 is 0.459 bits per heavy atom. The maximum atomic E-state index is 13.2. The first-order valence-corrected chi connectivity index (χ1v) is 50.5. The molecule has 0 bridgehead atoms. The van der Waals surface area contributed by atoms with Crippen LogP contribution in [0.5, 0.6) is 0 Å². The number of unbranched alkanes of at least 4 members (excludes halogenated alkanes) is 60. The zero-order chi connectivity index (χ0) is 81.3. The lowest BCUT2D eigenvalue weighted by molar-refractivity contribution is -0.161. The molecule has 17 nitrogen and oxygen atoms in total. The molecule has 19 heteroatoms. The van der Waals surface area contributed by atoms with Crippen LogP contribution in [0.3, 0.4) is 0 Å². The van der Waals surface area contributed by atoms with E-state index in [1.54, 1.807) is 0 Å². The number of rotatable bonds is 91. The second-order valence-electron chi connectivity index (χ2n) is 33.8. The van der Waals surface area contributed by atoms with Crippen LogP contribution in [0.15, 0.2) is 0 Å². The smallest absolute Gasteiger partial charge is 0.462 e. The van der Waals surface area contributed by atoms with E-state index >= 15 is 0 Å². The summed E-state index contributed by atoms with van der Waals surface area (Å²) in [5.74, 6) is -0.499. The molecule has 0 fully saturated rings. The van der Waals surface area contributed by atoms with Crippen molar-refractivity contribution in [2.75, 3.05) is 39.6 Å². The van der Waals surface area contributed by atoms with Crippen molar-refractivity contribution in [1.29, 1.82) is 0 Å². The summed E-state index contributed by atoms with van der Waals surface area (Å²) in [6, 6.07) is 0. The molecule has 0 aliphatic carbocycles. The van der Waals surface area contributed by atoms with Gasteiger partial charge < -0.3 is 33.8 Å². The van der Waals surface area contributed by atoms with Crippen molar-refractivity contribution < 1.29 is 80.2 Å². The fraction of sp³-hybridized carbons (Fsp3) is 0.957. The van der Waals surface area contributed by atoms with Gasteiger partial charge in [-0.15, -0.1) is 0 Å². The molecule has 0 saturated heterocycles. The molecule has 3 N–H and O–H groups in total. The van der Waals surface area contributed by atoms with Crippen LogP contribution >= 0.6 is 15.6 Å². The number of hydrogen-bond donors (Lipinski definition) is 3. The van der Waals surface area contributed by atoms with E-state index in [9.17, 15) is 43.2 Å². The van der Waals surface area contributed by atoms with Crippen LogP contribution in [0.1, 0.15) is 497 Å². The average Bonchev–Trinajstić information content (AvgIpc) is 0.897. The third-order valence-electron chi connectivity index (χ3n) is 22.1. The molecule has 0 radical (unpaired) electrons. The van der Waals surface area contributed by atoms with Crippen LogP contribution in [-0.4, -0.2) is 96.7 Å². The number of carbonyl (C=O) groups is 4. The number of phosphoric acid groups is 2. The molecule has 0 aliphatic heterocycles. The van der Waals surface area contributed by atoms with Crippen LogP contribution in [-0.2, 0) is 65.4 Å². The van der Waals surface area contributed by atoms with Crippen molar-refractivity contribution in [2.45, 2.75) is 516 Å². The molecule has 3 unspecified atom stereocenters. The molecule has 0 aliphatic rings. The number of ether oxygens (including phenoxy) is 4. The first-order valence-electron chi connectivity index (χ1n) is 47.5. The molecule has 0 rings (SSSR count). The van der Waals surface area contributed by atoms with E-state index in [0.29, 0.717) is 25.7 Å². The fourth-order valence-corrected chi connectivity index (χ4v) is 16.0. The molecule has 0 saturated carbocycles. The lowest BCUT2D eigenvalue weighted by atomic mass is 9.99. The van der Waals surface area contributed by atoms with E-state index < -0.39 is 97.5 Å². The molecule has 6 atom stereocenters. The highest BCUT2D eigenvalue weighted by molar-refractivity contribution is 7.47.